The van der Waals surface area contributed by atoms with Gasteiger partial charge in [-0.3, -0.25) is 14.5 Å². The lowest BCUT2D eigenvalue weighted by atomic mass is 10.2. The second-order valence-corrected chi connectivity index (χ2v) is 9.23. The van der Waals surface area contributed by atoms with E-state index in [1.165, 1.54) is 29.2 Å². The van der Waals surface area contributed by atoms with E-state index in [9.17, 15) is 14.0 Å². The molecule has 1 saturated heterocycles. The van der Waals surface area contributed by atoms with Crippen LogP contribution in [0.4, 0.5) is 4.39 Å². The molecule has 0 unspecified atom stereocenters. The molecule has 0 radical (unpaired) electrons. The molecule has 0 saturated carbocycles. The molecular weight excluding hydrogens is 453 g/mol. The number of carboxylic acid groups (broad SMARTS) is 1. The topological polar surface area (TPSA) is 91.8 Å². The maximum atomic E-state index is 13.6. The Bertz CT molecular complexity index is 898. The highest BCUT2D eigenvalue weighted by Crippen LogP contribution is 2.22. The number of amides is 1. The predicted molar refractivity (Wildman–Crippen MR) is 114 cm³/mol. The number of aromatic nitrogens is 1. The van der Waals surface area contributed by atoms with Gasteiger partial charge in [-0.2, -0.15) is 0 Å². The van der Waals surface area contributed by atoms with Gasteiger partial charge >= 0.3 is 5.97 Å². The molecule has 0 aliphatic carbocycles. The minimum absolute atomic E-state index is 0.107. The van der Waals surface area contributed by atoms with Crippen LogP contribution in [0.2, 0.25) is 5.02 Å². The quantitative estimate of drug-likeness (QED) is 0.541. The van der Waals surface area contributed by atoms with Crippen molar-refractivity contribution in [1.29, 1.82) is 0 Å². The van der Waals surface area contributed by atoms with E-state index in [1.807, 2.05) is 0 Å². The van der Waals surface area contributed by atoms with Crippen LogP contribution in [0.3, 0.4) is 0 Å². The number of carbonyl (C=O) groups is 2. The van der Waals surface area contributed by atoms with Gasteiger partial charge in [0.25, 0.3) is 0 Å². The average Bonchev–Trinajstić information content (AvgIpc) is 3.14. The highest BCUT2D eigenvalue weighted by Gasteiger charge is 2.21. The second-order valence-electron chi connectivity index (χ2n) is 6.74. The van der Waals surface area contributed by atoms with Gasteiger partial charge in [0.05, 0.1) is 35.6 Å². The van der Waals surface area contributed by atoms with Crippen LogP contribution in [0.25, 0.3) is 0 Å². The molecule has 1 fully saturated rings. The number of morpholine rings is 1. The van der Waals surface area contributed by atoms with Gasteiger partial charge in [-0.15, -0.1) is 11.3 Å². The van der Waals surface area contributed by atoms with Gasteiger partial charge in [-0.05, 0) is 17.7 Å². The number of hydrogen-bond acceptors (Lipinski definition) is 7. The van der Waals surface area contributed by atoms with Crippen LogP contribution in [0.1, 0.15) is 11.3 Å². The highest BCUT2D eigenvalue weighted by atomic mass is 35.5. The standard InChI is InChI=1S/C19H21ClFN3O4S2/c20-15-2-1-12(5-16(15)21)8-24-3-4-28-14(9-24)7-22-17(25)11-30-19-23-13(10-29-19)6-18(26)27/h1-2,5,10,14H,3-4,6-9,11H2,(H,22,25)(H,26,27)/t14-/m0/s1. The van der Waals surface area contributed by atoms with E-state index in [-0.39, 0.29) is 29.2 Å². The lowest BCUT2D eigenvalue weighted by Gasteiger charge is -2.33. The summed E-state index contributed by atoms with van der Waals surface area (Å²) in [5, 5.41) is 13.4. The predicted octanol–water partition coefficient (Wildman–Crippen LogP) is 2.67. The summed E-state index contributed by atoms with van der Waals surface area (Å²) >= 11 is 8.32. The number of carbonyl (C=O) groups excluding carboxylic acids is 1. The number of rotatable bonds is 9. The van der Waals surface area contributed by atoms with Crippen molar-refractivity contribution < 1.29 is 23.8 Å². The fourth-order valence-electron chi connectivity index (χ4n) is 2.94. The van der Waals surface area contributed by atoms with Crippen molar-refractivity contribution >= 4 is 46.6 Å². The summed E-state index contributed by atoms with van der Waals surface area (Å²) in [7, 11) is 0. The van der Waals surface area contributed by atoms with Crippen LogP contribution >= 0.6 is 34.7 Å². The monoisotopic (exact) mass is 473 g/mol. The van der Waals surface area contributed by atoms with Crippen molar-refractivity contribution in [1.82, 2.24) is 15.2 Å². The maximum Gasteiger partial charge on any atom is 0.309 e. The lowest BCUT2D eigenvalue weighted by molar-refractivity contribution is -0.136. The molecule has 0 spiro atoms. The van der Waals surface area contributed by atoms with E-state index in [1.54, 1.807) is 17.5 Å². The summed E-state index contributed by atoms with van der Waals surface area (Å²) < 4.78 is 20.0. The van der Waals surface area contributed by atoms with Crippen LogP contribution in [0, 0.1) is 5.82 Å². The summed E-state index contributed by atoms with van der Waals surface area (Å²) in [6.07, 6.45) is -0.270. The van der Waals surface area contributed by atoms with Crippen LogP contribution in [-0.2, 0) is 27.3 Å². The number of ether oxygens (including phenoxy) is 1. The average molecular weight is 474 g/mol. The molecule has 3 rings (SSSR count). The molecular formula is C19H21ClFN3O4S2. The highest BCUT2D eigenvalue weighted by molar-refractivity contribution is 8.01. The van der Waals surface area contributed by atoms with E-state index in [4.69, 9.17) is 21.4 Å². The lowest BCUT2D eigenvalue weighted by Crippen LogP contribution is -2.47. The van der Waals surface area contributed by atoms with Gasteiger partial charge in [0.2, 0.25) is 5.91 Å². The first-order chi connectivity index (χ1) is 14.4. The van der Waals surface area contributed by atoms with Crippen molar-refractivity contribution in [3.05, 3.63) is 45.7 Å². The third-order valence-electron chi connectivity index (χ3n) is 4.33. The van der Waals surface area contributed by atoms with Crippen molar-refractivity contribution in [2.75, 3.05) is 32.0 Å². The van der Waals surface area contributed by atoms with Crippen molar-refractivity contribution in [2.45, 2.75) is 23.4 Å². The largest absolute Gasteiger partial charge is 0.481 e. The van der Waals surface area contributed by atoms with Crippen molar-refractivity contribution in [3.63, 3.8) is 0 Å². The minimum atomic E-state index is -0.933. The molecule has 1 atom stereocenters. The van der Waals surface area contributed by atoms with Crippen molar-refractivity contribution in [3.8, 4) is 0 Å². The molecule has 2 N–H and O–H groups in total. The molecule has 1 aromatic carbocycles. The summed E-state index contributed by atoms with van der Waals surface area (Å²) in [6, 6.07) is 4.79. The number of carboxylic acids is 1. The zero-order valence-corrected chi connectivity index (χ0v) is 18.4. The van der Waals surface area contributed by atoms with E-state index in [0.29, 0.717) is 36.3 Å². The first-order valence-electron chi connectivity index (χ1n) is 9.22. The zero-order valence-electron chi connectivity index (χ0n) is 16.0. The molecule has 1 aliphatic rings. The SMILES string of the molecule is O=C(O)Cc1csc(SCC(=O)NC[C@H]2CN(Cc3ccc(Cl)c(F)c3)CCO2)n1. The van der Waals surface area contributed by atoms with E-state index < -0.39 is 11.8 Å². The van der Waals surface area contributed by atoms with E-state index in [0.717, 1.165) is 12.1 Å². The molecule has 2 aromatic rings. The number of nitrogens with zero attached hydrogens (tertiary/aromatic N) is 2. The number of thiazole rings is 1. The number of hydrogen-bond donors (Lipinski definition) is 2. The first kappa shape index (κ1) is 23.0. The van der Waals surface area contributed by atoms with Gasteiger partial charge in [0, 0.05) is 31.6 Å². The Balaban J connectivity index is 1.39. The molecule has 162 valence electrons. The molecule has 0 bridgehead atoms. The second kappa shape index (κ2) is 11.1. The molecule has 1 aliphatic heterocycles. The Morgan fingerprint density at radius 2 is 2.30 bits per heavy atom. The van der Waals surface area contributed by atoms with E-state index >= 15 is 0 Å². The zero-order chi connectivity index (χ0) is 21.5. The number of nitrogens with one attached hydrogen (secondary N) is 1. The summed E-state index contributed by atoms with van der Waals surface area (Å²) in [6.45, 7) is 2.86. The molecule has 2 heterocycles. The third kappa shape index (κ3) is 7.21. The molecule has 1 amide bonds. The molecule has 7 nitrogen and oxygen atoms in total. The summed E-state index contributed by atoms with van der Waals surface area (Å²) in [4.78, 5) is 29.1. The van der Waals surface area contributed by atoms with Gasteiger partial charge in [0.1, 0.15) is 5.82 Å². The normalized spacial score (nSPS) is 17.1. The van der Waals surface area contributed by atoms with Crippen LogP contribution in [0.5, 0.6) is 0 Å². The first-order valence-corrected chi connectivity index (χ1v) is 11.5. The van der Waals surface area contributed by atoms with Gasteiger partial charge < -0.3 is 15.2 Å². The fraction of sp³-hybridized carbons (Fsp3) is 0.421. The summed E-state index contributed by atoms with van der Waals surface area (Å²) in [5.74, 6) is -1.31. The van der Waals surface area contributed by atoms with Gasteiger partial charge in [0.15, 0.2) is 4.34 Å². The van der Waals surface area contributed by atoms with Gasteiger partial charge in [-0.1, -0.05) is 29.4 Å². The number of benzene rings is 1. The number of halogens is 2. The maximum absolute atomic E-state index is 13.6. The van der Waals surface area contributed by atoms with Crippen LogP contribution < -0.4 is 5.32 Å². The molecule has 30 heavy (non-hydrogen) atoms. The van der Waals surface area contributed by atoms with Crippen molar-refractivity contribution in [2.24, 2.45) is 0 Å². The Morgan fingerprint density at radius 3 is 3.07 bits per heavy atom. The third-order valence-corrected chi connectivity index (χ3v) is 6.71. The van der Waals surface area contributed by atoms with E-state index in [2.05, 4.69) is 15.2 Å². The Hall–Kier alpha value is -1.72. The Kier molecular flexibility index (Phi) is 8.46. The fourth-order valence-corrected chi connectivity index (χ4v) is 4.73. The van der Waals surface area contributed by atoms with Crippen LogP contribution in [0.15, 0.2) is 27.9 Å². The molecule has 11 heteroatoms. The smallest absolute Gasteiger partial charge is 0.309 e. The minimum Gasteiger partial charge on any atom is -0.481 e. The summed E-state index contributed by atoms with van der Waals surface area (Å²) in [5.41, 5.74) is 1.33. The van der Waals surface area contributed by atoms with Crippen LogP contribution in [-0.4, -0.2) is 65.0 Å². The van der Waals surface area contributed by atoms with Gasteiger partial charge in [-0.25, -0.2) is 9.37 Å². The number of thioether (sulfide) groups is 1. The number of aliphatic carboxylic acids is 1. The Morgan fingerprint density at radius 1 is 1.47 bits per heavy atom. The molecule has 1 aromatic heterocycles. The Labute approximate surface area is 186 Å².